The highest BCUT2D eigenvalue weighted by Crippen LogP contribution is 2.19. The van der Waals surface area contributed by atoms with E-state index in [2.05, 4.69) is 29.5 Å². The number of nitrogens with one attached hydrogen (secondary N) is 1. The summed E-state index contributed by atoms with van der Waals surface area (Å²) in [7, 11) is 1.69. The molecule has 1 aliphatic rings. The lowest BCUT2D eigenvalue weighted by molar-refractivity contribution is 0.00483. The van der Waals surface area contributed by atoms with Gasteiger partial charge in [0.25, 0.3) is 0 Å². The Morgan fingerprint density at radius 1 is 1.35 bits per heavy atom. The number of hydrogen-bond donors (Lipinski definition) is 1. The van der Waals surface area contributed by atoms with Crippen LogP contribution in [-0.2, 0) is 4.74 Å². The molecule has 0 bridgehead atoms. The number of ether oxygens (including phenoxy) is 2. The highest BCUT2D eigenvalue weighted by Gasteiger charge is 2.14. The molecule has 4 nitrogen and oxygen atoms in total. The van der Waals surface area contributed by atoms with Crippen molar-refractivity contribution in [3.8, 4) is 5.75 Å². The van der Waals surface area contributed by atoms with Gasteiger partial charge in [0, 0.05) is 19.1 Å². The molecule has 94 valence electrons. The van der Waals surface area contributed by atoms with Gasteiger partial charge < -0.3 is 9.47 Å². The third-order valence-electron chi connectivity index (χ3n) is 2.98. The molecule has 1 unspecified atom stereocenters. The second-order valence-electron chi connectivity index (χ2n) is 4.23. The Bertz CT molecular complexity index is 351. The summed E-state index contributed by atoms with van der Waals surface area (Å²) in [5.74, 6) is 0.901. The SMILES string of the molecule is COc1cccc(C(C)NN2CCOCC2)c1. The molecule has 17 heavy (non-hydrogen) atoms. The van der Waals surface area contributed by atoms with Crippen LogP contribution < -0.4 is 10.2 Å². The monoisotopic (exact) mass is 236 g/mol. The summed E-state index contributed by atoms with van der Waals surface area (Å²) in [6, 6.07) is 8.44. The molecule has 4 heteroatoms. The molecular weight excluding hydrogens is 216 g/mol. The predicted octanol–water partition coefficient (Wildman–Crippen LogP) is 1.59. The van der Waals surface area contributed by atoms with Crippen LogP contribution in [0, 0.1) is 0 Å². The first kappa shape index (κ1) is 12.4. The first-order chi connectivity index (χ1) is 8.29. The van der Waals surface area contributed by atoms with Gasteiger partial charge in [0.1, 0.15) is 5.75 Å². The van der Waals surface area contributed by atoms with E-state index in [0.717, 1.165) is 32.1 Å². The van der Waals surface area contributed by atoms with Crippen LogP contribution in [0.25, 0.3) is 0 Å². The topological polar surface area (TPSA) is 33.7 Å². The van der Waals surface area contributed by atoms with Crippen LogP contribution in [0.15, 0.2) is 24.3 Å². The second-order valence-corrected chi connectivity index (χ2v) is 4.23. The molecule has 2 rings (SSSR count). The second kappa shape index (κ2) is 6.00. The summed E-state index contributed by atoms with van der Waals surface area (Å²) >= 11 is 0. The molecule has 1 saturated heterocycles. The van der Waals surface area contributed by atoms with Crippen LogP contribution in [0.2, 0.25) is 0 Å². The minimum Gasteiger partial charge on any atom is -0.497 e. The Morgan fingerprint density at radius 3 is 2.82 bits per heavy atom. The Hall–Kier alpha value is -1.10. The number of methoxy groups -OCH3 is 1. The maximum Gasteiger partial charge on any atom is 0.119 e. The van der Waals surface area contributed by atoms with Gasteiger partial charge in [0.2, 0.25) is 0 Å². The summed E-state index contributed by atoms with van der Waals surface area (Å²) in [6.07, 6.45) is 0. The molecule has 1 atom stereocenters. The van der Waals surface area contributed by atoms with Crippen LogP contribution >= 0.6 is 0 Å². The van der Waals surface area contributed by atoms with E-state index < -0.39 is 0 Å². The molecule has 1 N–H and O–H groups in total. The number of morpholine rings is 1. The molecular formula is C13H20N2O2. The van der Waals surface area contributed by atoms with Crippen molar-refractivity contribution in [3.05, 3.63) is 29.8 Å². The minimum atomic E-state index is 0.281. The lowest BCUT2D eigenvalue weighted by Crippen LogP contribution is -2.46. The molecule has 0 amide bonds. The Kier molecular flexibility index (Phi) is 4.36. The zero-order valence-corrected chi connectivity index (χ0v) is 10.5. The molecule has 0 aromatic heterocycles. The largest absolute Gasteiger partial charge is 0.497 e. The molecule has 0 radical (unpaired) electrons. The van der Waals surface area contributed by atoms with Gasteiger partial charge in [-0.25, -0.2) is 10.4 Å². The van der Waals surface area contributed by atoms with Gasteiger partial charge in [-0.15, -0.1) is 0 Å². The number of benzene rings is 1. The lowest BCUT2D eigenvalue weighted by atomic mass is 10.1. The van der Waals surface area contributed by atoms with Gasteiger partial charge in [-0.1, -0.05) is 12.1 Å². The average molecular weight is 236 g/mol. The maximum absolute atomic E-state index is 5.32. The van der Waals surface area contributed by atoms with E-state index in [1.54, 1.807) is 7.11 Å². The summed E-state index contributed by atoms with van der Waals surface area (Å²) in [5.41, 5.74) is 4.72. The third kappa shape index (κ3) is 3.43. The minimum absolute atomic E-state index is 0.281. The van der Waals surface area contributed by atoms with Crippen molar-refractivity contribution in [2.24, 2.45) is 0 Å². The van der Waals surface area contributed by atoms with E-state index in [4.69, 9.17) is 9.47 Å². The summed E-state index contributed by atoms with van der Waals surface area (Å²) in [5, 5.41) is 2.22. The number of hydrazine groups is 1. The number of nitrogens with zero attached hydrogens (tertiary/aromatic N) is 1. The normalized spacial score (nSPS) is 18.9. The summed E-state index contributed by atoms with van der Waals surface area (Å²) in [4.78, 5) is 0. The first-order valence-electron chi connectivity index (χ1n) is 6.02. The third-order valence-corrected chi connectivity index (χ3v) is 2.98. The highest BCUT2D eigenvalue weighted by atomic mass is 16.5. The fourth-order valence-corrected chi connectivity index (χ4v) is 1.95. The Labute approximate surface area is 102 Å². The van der Waals surface area contributed by atoms with E-state index in [1.165, 1.54) is 5.56 Å². The molecule has 1 fully saturated rings. The molecule has 0 aliphatic carbocycles. The van der Waals surface area contributed by atoms with Crippen LogP contribution in [0.5, 0.6) is 5.75 Å². The molecule has 0 spiro atoms. The van der Waals surface area contributed by atoms with E-state index in [0.29, 0.717) is 0 Å². The van der Waals surface area contributed by atoms with E-state index in [1.807, 2.05) is 12.1 Å². The quantitative estimate of drug-likeness (QED) is 0.861. The van der Waals surface area contributed by atoms with Crippen molar-refractivity contribution in [3.63, 3.8) is 0 Å². The molecule has 1 aromatic rings. The highest BCUT2D eigenvalue weighted by molar-refractivity contribution is 5.30. The fourth-order valence-electron chi connectivity index (χ4n) is 1.95. The van der Waals surface area contributed by atoms with Gasteiger partial charge in [-0.2, -0.15) is 0 Å². The zero-order chi connectivity index (χ0) is 12.1. The molecule has 1 aliphatic heterocycles. The van der Waals surface area contributed by atoms with Gasteiger partial charge >= 0.3 is 0 Å². The summed E-state index contributed by atoms with van der Waals surface area (Å²) < 4.78 is 10.6. The predicted molar refractivity (Wildman–Crippen MR) is 66.9 cm³/mol. The van der Waals surface area contributed by atoms with Crippen LogP contribution in [-0.4, -0.2) is 38.4 Å². The number of hydrogen-bond acceptors (Lipinski definition) is 4. The molecule has 0 saturated carbocycles. The maximum atomic E-state index is 5.32. The fraction of sp³-hybridized carbons (Fsp3) is 0.538. The van der Waals surface area contributed by atoms with Crippen LogP contribution in [0.1, 0.15) is 18.5 Å². The molecule has 1 heterocycles. The van der Waals surface area contributed by atoms with Crippen molar-refractivity contribution >= 4 is 0 Å². The average Bonchev–Trinajstić information content (AvgIpc) is 2.40. The van der Waals surface area contributed by atoms with E-state index in [9.17, 15) is 0 Å². The summed E-state index contributed by atoms with van der Waals surface area (Å²) in [6.45, 7) is 5.64. The van der Waals surface area contributed by atoms with Crippen molar-refractivity contribution in [2.75, 3.05) is 33.4 Å². The Balaban J connectivity index is 1.95. The van der Waals surface area contributed by atoms with Gasteiger partial charge in [-0.05, 0) is 24.6 Å². The number of rotatable bonds is 4. The first-order valence-corrected chi connectivity index (χ1v) is 6.02. The van der Waals surface area contributed by atoms with Crippen molar-refractivity contribution < 1.29 is 9.47 Å². The lowest BCUT2D eigenvalue weighted by Gasteiger charge is -2.30. The standard InChI is InChI=1S/C13H20N2O2/c1-11(14-15-6-8-17-9-7-15)12-4-3-5-13(10-12)16-2/h3-5,10-11,14H,6-9H2,1-2H3. The van der Waals surface area contributed by atoms with Crippen LogP contribution in [0.4, 0.5) is 0 Å². The zero-order valence-electron chi connectivity index (χ0n) is 10.5. The van der Waals surface area contributed by atoms with Gasteiger partial charge in [0.15, 0.2) is 0 Å². The van der Waals surface area contributed by atoms with E-state index >= 15 is 0 Å². The van der Waals surface area contributed by atoms with Crippen molar-refractivity contribution in [2.45, 2.75) is 13.0 Å². The van der Waals surface area contributed by atoms with Gasteiger partial charge in [0.05, 0.1) is 20.3 Å². The van der Waals surface area contributed by atoms with Crippen LogP contribution in [0.3, 0.4) is 0 Å². The smallest absolute Gasteiger partial charge is 0.119 e. The molecule has 1 aromatic carbocycles. The Morgan fingerprint density at radius 2 is 2.12 bits per heavy atom. The van der Waals surface area contributed by atoms with Crippen molar-refractivity contribution in [1.82, 2.24) is 10.4 Å². The van der Waals surface area contributed by atoms with Crippen molar-refractivity contribution in [1.29, 1.82) is 0 Å². The van der Waals surface area contributed by atoms with Gasteiger partial charge in [-0.3, -0.25) is 0 Å². The van der Waals surface area contributed by atoms with E-state index in [-0.39, 0.29) is 6.04 Å².